The van der Waals surface area contributed by atoms with E-state index in [1.807, 2.05) is 30.3 Å². The SMILES string of the molecule is CCN(CC)S(=O)(=O)c1ccc(C(=O)NCc2cc(-c3ccc(OC)cc3)ncn2)cc1. The molecule has 0 aliphatic carbocycles. The average Bonchev–Trinajstić information content (AvgIpc) is 2.83. The summed E-state index contributed by atoms with van der Waals surface area (Å²) in [4.78, 5) is 21.2. The van der Waals surface area contributed by atoms with Crippen LogP contribution in [0, 0.1) is 0 Å². The van der Waals surface area contributed by atoms with E-state index in [0.717, 1.165) is 17.0 Å². The lowest BCUT2D eigenvalue weighted by atomic mass is 10.1. The van der Waals surface area contributed by atoms with Crippen LogP contribution < -0.4 is 10.1 Å². The molecule has 1 N–H and O–H groups in total. The molecule has 1 aromatic heterocycles. The maximum absolute atomic E-state index is 12.6. The molecule has 1 heterocycles. The lowest BCUT2D eigenvalue weighted by molar-refractivity contribution is 0.0950. The maximum atomic E-state index is 12.6. The molecule has 0 bridgehead atoms. The Balaban J connectivity index is 1.67. The number of hydrogen-bond donors (Lipinski definition) is 1. The van der Waals surface area contributed by atoms with Crippen molar-refractivity contribution in [1.82, 2.24) is 19.6 Å². The number of amides is 1. The van der Waals surface area contributed by atoms with Gasteiger partial charge in [-0.2, -0.15) is 4.31 Å². The molecule has 0 saturated heterocycles. The topological polar surface area (TPSA) is 101 Å². The normalized spacial score (nSPS) is 11.4. The Hall–Kier alpha value is -3.30. The van der Waals surface area contributed by atoms with Crippen LogP contribution in [0.15, 0.2) is 65.8 Å². The summed E-state index contributed by atoms with van der Waals surface area (Å²) in [5.74, 6) is 0.438. The van der Waals surface area contributed by atoms with Gasteiger partial charge in [-0.3, -0.25) is 4.79 Å². The van der Waals surface area contributed by atoms with E-state index in [2.05, 4.69) is 15.3 Å². The number of ether oxygens (including phenoxy) is 1. The van der Waals surface area contributed by atoms with Crippen molar-refractivity contribution in [2.45, 2.75) is 25.3 Å². The van der Waals surface area contributed by atoms with Crippen molar-refractivity contribution >= 4 is 15.9 Å². The minimum atomic E-state index is -3.56. The number of sulfonamides is 1. The molecule has 0 aliphatic rings. The summed E-state index contributed by atoms with van der Waals surface area (Å²) in [5, 5.41) is 2.81. The molecule has 2 aromatic carbocycles. The molecule has 168 valence electrons. The molecule has 3 rings (SSSR count). The molecule has 9 heteroatoms. The second-order valence-electron chi connectivity index (χ2n) is 6.92. The Bertz CT molecular complexity index is 1160. The summed E-state index contributed by atoms with van der Waals surface area (Å²) in [6, 6.07) is 15.2. The maximum Gasteiger partial charge on any atom is 0.251 e. The van der Waals surface area contributed by atoms with Crippen LogP contribution in [0.3, 0.4) is 0 Å². The number of benzene rings is 2. The van der Waals surface area contributed by atoms with E-state index >= 15 is 0 Å². The summed E-state index contributed by atoms with van der Waals surface area (Å²) in [6.45, 7) is 4.56. The molecule has 0 saturated carbocycles. The zero-order valence-electron chi connectivity index (χ0n) is 18.3. The average molecular weight is 455 g/mol. The quantitative estimate of drug-likeness (QED) is 0.533. The van der Waals surface area contributed by atoms with Gasteiger partial charge in [-0.1, -0.05) is 13.8 Å². The first-order chi connectivity index (χ1) is 15.4. The molecule has 0 fully saturated rings. The fraction of sp³-hybridized carbons (Fsp3) is 0.261. The summed E-state index contributed by atoms with van der Waals surface area (Å²) >= 11 is 0. The van der Waals surface area contributed by atoms with Gasteiger partial charge in [-0.15, -0.1) is 0 Å². The van der Waals surface area contributed by atoms with Crippen LogP contribution >= 0.6 is 0 Å². The minimum Gasteiger partial charge on any atom is -0.497 e. The van der Waals surface area contributed by atoms with Crippen molar-refractivity contribution in [3.8, 4) is 17.0 Å². The van der Waals surface area contributed by atoms with Gasteiger partial charge in [0.05, 0.1) is 29.9 Å². The largest absolute Gasteiger partial charge is 0.497 e. The molecule has 0 unspecified atom stereocenters. The van der Waals surface area contributed by atoms with Crippen LogP contribution in [-0.4, -0.2) is 48.8 Å². The predicted molar refractivity (Wildman–Crippen MR) is 122 cm³/mol. The molecule has 0 atom stereocenters. The summed E-state index contributed by atoms with van der Waals surface area (Å²) in [7, 11) is -1.95. The Morgan fingerprint density at radius 1 is 1.00 bits per heavy atom. The van der Waals surface area contributed by atoms with E-state index < -0.39 is 10.0 Å². The molecular formula is C23H26N4O4S. The molecule has 32 heavy (non-hydrogen) atoms. The number of hydrogen-bond acceptors (Lipinski definition) is 6. The van der Waals surface area contributed by atoms with Gasteiger partial charge in [0.25, 0.3) is 5.91 Å². The second-order valence-corrected chi connectivity index (χ2v) is 8.86. The van der Waals surface area contributed by atoms with Crippen LogP contribution in [0.4, 0.5) is 0 Å². The highest BCUT2D eigenvalue weighted by molar-refractivity contribution is 7.89. The molecule has 3 aromatic rings. The lowest BCUT2D eigenvalue weighted by Gasteiger charge is -2.18. The van der Waals surface area contributed by atoms with Crippen molar-refractivity contribution in [3.63, 3.8) is 0 Å². The number of carbonyl (C=O) groups excluding carboxylic acids is 1. The van der Waals surface area contributed by atoms with Crippen molar-refractivity contribution in [1.29, 1.82) is 0 Å². The standard InChI is InChI=1S/C23H26N4O4S/c1-4-27(5-2)32(29,30)21-12-8-18(9-13-21)23(28)24-15-19-14-22(26-16-25-19)17-6-10-20(31-3)11-7-17/h6-14,16H,4-5,15H2,1-3H3,(H,24,28). The first-order valence-corrected chi connectivity index (χ1v) is 11.7. The van der Waals surface area contributed by atoms with Gasteiger partial charge in [0.1, 0.15) is 12.1 Å². The molecule has 0 aliphatic heterocycles. The number of nitrogens with one attached hydrogen (secondary N) is 1. The zero-order chi connectivity index (χ0) is 23.1. The van der Waals surface area contributed by atoms with Crippen LogP contribution in [0.2, 0.25) is 0 Å². The van der Waals surface area contributed by atoms with Crippen molar-refractivity contribution in [2.75, 3.05) is 20.2 Å². The van der Waals surface area contributed by atoms with Gasteiger partial charge >= 0.3 is 0 Å². The molecular weight excluding hydrogens is 428 g/mol. The van der Waals surface area contributed by atoms with E-state index in [4.69, 9.17) is 4.74 Å². The molecule has 8 nitrogen and oxygen atoms in total. The van der Waals surface area contributed by atoms with Gasteiger partial charge in [-0.25, -0.2) is 18.4 Å². The van der Waals surface area contributed by atoms with Gasteiger partial charge in [0, 0.05) is 24.2 Å². The van der Waals surface area contributed by atoms with Crippen LogP contribution in [-0.2, 0) is 16.6 Å². The van der Waals surface area contributed by atoms with Crippen LogP contribution in [0.25, 0.3) is 11.3 Å². The van der Waals surface area contributed by atoms with E-state index in [9.17, 15) is 13.2 Å². The predicted octanol–water partition coefficient (Wildman–Crippen LogP) is 3.11. The van der Waals surface area contributed by atoms with E-state index in [1.54, 1.807) is 21.0 Å². The smallest absolute Gasteiger partial charge is 0.251 e. The van der Waals surface area contributed by atoms with Crippen molar-refractivity contribution < 1.29 is 17.9 Å². The Morgan fingerprint density at radius 3 is 2.25 bits per heavy atom. The van der Waals surface area contributed by atoms with Crippen molar-refractivity contribution in [3.05, 3.63) is 72.2 Å². The lowest BCUT2D eigenvalue weighted by Crippen LogP contribution is -2.30. The third kappa shape index (κ3) is 5.30. The number of rotatable bonds is 9. The summed E-state index contributed by atoms with van der Waals surface area (Å²) in [6.07, 6.45) is 1.45. The molecule has 0 spiro atoms. The summed E-state index contributed by atoms with van der Waals surface area (Å²) in [5.41, 5.74) is 2.66. The Labute approximate surface area is 188 Å². The first kappa shape index (κ1) is 23.4. The number of nitrogens with zero attached hydrogens (tertiary/aromatic N) is 3. The zero-order valence-corrected chi connectivity index (χ0v) is 19.1. The third-order valence-corrected chi connectivity index (χ3v) is 7.06. The van der Waals surface area contributed by atoms with Crippen LogP contribution in [0.5, 0.6) is 5.75 Å². The van der Waals surface area contributed by atoms with Gasteiger partial charge in [0.15, 0.2) is 0 Å². The first-order valence-electron chi connectivity index (χ1n) is 10.2. The summed E-state index contributed by atoms with van der Waals surface area (Å²) < 4.78 is 31.7. The third-order valence-electron chi connectivity index (χ3n) is 5.00. The Kier molecular flexibility index (Phi) is 7.55. The highest BCUT2D eigenvalue weighted by Gasteiger charge is 2.21. The minimum absolute atomic E-state index is 0.165. The number of aromatic nitrogens is 2. The number of carbonyl (C=O) groups is 1. The van der Waals surface area contributed by atoms with Crippen LogP contribution in [0.1, 0.15) is 29.9 Å². The molecule has 0 radical (unpaired) electrons. The number of methoxy groups -OCH3 is 1. The van der Waals surface area contributed by atoms with E-state index in [0.29, 0.717) is 24.3 Å². The van der Waals surface area contributed by atoms with E-state index in [-0.39, 0.29) is 17.3 Å². The highest BCUT2D eigenvalue weighted by atomic mass is 32.2. The molecule has 1 amide bonds. The Morgan fingerprint density at radius 2 is 1.66 bits per heavy atom. The second kappa shape index (κ2) is 10.3. The fourth-order valence-corrected chi connectivity index (χ4v) is 4.64. The highest BCUT2D eigenvalue weighted by Crippen LogP contribution is 2.21. The van der Waals surface area contributed by atoms with Gasteiger partial charge in [0.2, 0.25) is 10.0 Å². The van der Waals surface area contributed by atoms with Gasteiger partial charge in [-0.05, 0) is 54.6 Å². The van der Waals surface area contributed by atoms with E-state index in [1.165, 1.54) is 34.9 Å². The monoisotopic (exact) mass is 454 g/mol. The fourth-order valence-electron chi connectivity index (χ4n) is 3.18. The van der Waals surface area contributed by atoms with Gasteiger partial charge < -0.3 is 10.1 Å². The van der Waals surface area contributed by atoms with Crippen molar-refractivity contribution in [2.24, 2.45) is 0 Å².